The minimum atomic E-state index is -0.562. The molecule has 0 amide bonds. The molecule has 2 aromatic rings. The van der Waals surface area contributed by atoms with Crippen molar-refractivity contribution in [3.63, 3.8) is 0 Å². The van der Waals surface area contributed by atoms with E-state index in [0.29, 0.717) is 12.1 Å². The van der Waals surface area contributed by atoms with Gasteiger partial charge in [0.05, 0.1) is 6.54 Å². The predicted octanol–water partition coefficient (Wildman–Crippen LogP) is 3.12. The lowest BCUT2D eigenvalue weighted by atomic mass is 10.2. The molecule has 0 saturated carbocycles. The molecule has 0 fully saturated rings. The van der Waals surface area contributed by atoms with Crippen LogP contribution in [0.15, 0.2) is 24.4 Å². The number of hydrogen-bond donors (Lipinski definition) is 0. The quantitative estimate of drug-likeness (QED) is 0.772. The summed E-state index contributed by atoms with van der Waals surface area (Å²) in [6.45, 7) is 2.32. The van der Waals surface area contributed by atoms with E-state index in [1.165, 1.54) is 12.1 Å². The van der Waals surface area contributed by atoms with Gasteiger partial charge in [0.25, 0.3) is 0 Å². The number of hydrogen-bond acceptors (Lipinski definition) is 1. The summed E-state index contributed by atoms with van der Waals surface area (Å²) in [5, 5.41) is 4.22. The molecular weight excluding hydrogens is 325 g/mol. The fourth-order valence-corrected chi connectivity index (χ4v) is 1.88. The third-order valence-corrected chi connectivity index (χ3v) is 3.22. The van der Waals surface area contributed by atoms with Crippen LogP contribution in [-0.4, -0.2) is 9.78 Å². The molecule has 0 atom stereocenters. The molecule has 0 N–H and O–H groups in total. The highest BCUT2D eigenvalue weighted by atomic mass is 127. The number of halogens is 3. The smallest absolute Gasteiger partial charge is 0.126 e. The monoisotopic (exact) mass is 334 g/mol. The van der Waals surface area contributed by atoms with Crippen molar-refractivity contribution in [2.24, 2.45) is 0 Å². The normalized spacial score (nSPS) is 10.8. The summed E-state index contributed by atoms with van der Waals surface area (Å²) in [6, 6.07) is 3.49. The zero-order valence-corrected chi connectivity index (χ0v) is 10.7. The lowest BCUT2D eigenvalue weighted by Crippen LogP contribution is -2.01. The van der Waals surface area contributed by atoms with Gasteiger partial charge >= 0.3 is 0 Å². The molecule has 0 aliphatic rings. The number of aryl methyl sites for hydroxylation is 1. The van der Waals surface area contributed by atoms with Crippen molar-refractivity contribution in [3.05, 3.63) is 50.9 Å². The average molecular weight is 334 g/mol. The van der Waals surface area contributed by atoms with Crippen molar-refractivity contribution in [2.75, 3.05) is 0 Å². The lowest BCUT2D eigenvalue weighted by molar-refractivity contribution is 0.574. The first-order valence-electron chi connectivity index (χ1n) is 4.69. The van der Waals surface area contributed by atoms with Gasteiger partial charge in [-0.15, -0.1) is 0 Å². The largest absolute Gasteiger partial charge is 0.267 e. The molecule has 2 nitrogen and oxygen atoms in total. The van der Waals surface area contributed by atoms with Crippen LogP contribution in [0.1, 0.15) is 11.1 Å². The maximum Gasteiger partial charge on any atom is 0.126 e. The van der Waals surface area contributed by atoms with Crippen LogP contribution in [0, 0.1) is 22.3 Å². The second-order valence-corrected chi connectivity index (χ2v) is 4.60. The molecule has 84 valence electrons. The van der Waals surface area contributed by atoms with Gasteiger partial charge in [-0.25, -0.2) is 8.78 Å². The highest BCUT2D eigenvalue weighted by Crippen LogP contribution is 2.12. The molecule has 16 heavy (non-hydrogen) atoms. The van der Waals surface area contributed by atoms with Gasteiger partial charge in [0.15, 0.2) is 0 Å². The van der Waals surface area contributed by atoms with Crippen molar-refractivity contribution in [1.29, 1.82) is 0 Å². The predicted molar refractivity (Wildman–Crippen MR) is 65.1 cm³/mol. The Balaban J connectivity index is 2.26. The third-order valence-electron chi connectivity index (χ3n) is 2.15. The standard InChI is InChI=1S/C11H9F2IN2/c1-7-5-16(15-11(7)14)6-8-2-9(12)4-10(13)3-8/h2-5H,6H2,1H3. The number of nitrogens with zero attached hydrogens (tertiary/aromatic N) is 2. The highest BCUT2D eigenvalue weighted by molar-refractivity contribution is 14.1. The minimum absolute atomic E-state index is 0.374. The van der Waals surface area contributed by atoms with Crippen molar-refractivity contribution in [1.82, 2.24) is 9.78 Å². The number of benzene rings is 1. The molecule has 0 radical (unpaired) electrons. The van der Waals surface area contributed by atoms with Gasteiger partial charge in [-0.1, -0.05) is 0 Å². The van der Waals surface area contributed by atoms with Gasteiger partial charge < -0.3 is 0 Å². The summed E-state index contributed by atoms with van der Waals surface area (Å²) in [6.07, 6.45) is 1.85. The summed E-state index contributed by atoms with van der Waals surface area (Å²) in [5.41, 5.74) is 1.62. The third kappa shape index (κ3) is 2.58. The SMILES string of the molecule is Cc1cn(Cc2cc(F)cc(F)c2)nc1I. The van der Waals surface area contributed by atoms with E-state index in [-0.39, 0.29) is 0 Å². The van der Waals surface area contributed by atoms with Crippen LogP contribution < -0.4 is 0 Å². The average Bonchev–Trinajstić information content (AvgIpc) is 2.43. The van der Waals surface area contributed by atoms with E-state index < -0.39 is 11.6 Å². The van der Waals surface area contributed by atoms with Crippen LogP contribution in [-0.2, 0) is 6.54 Å². The van der Waals surface area contributed by atoms with Crippen LogP contribution in [0.3, 0.4) is 0 Å². The Morgan fingerprint density at radius 1 is 1.25 bits per heavy atom. The van der Waals surface area contributed by atoms with Crippen molar-refractivity contribution in [3.8, 4) is 0 Å². The second kappa shape index (κ2) is 4.48. The maximum atomic E-state index is 12.9. The van der Waals surface area contributed by atoms with E-state index in [9.17, 15) is 8.78 Å². The molecule has 0 spiro atoms. The summed E-state index contributed by atoms with van der Waals surface area (Å²) in [5.74, 6) is -1.12. The van der Waals surface area contributed by atoms with E-state index in [1.54, 1.807) is 4.68 Å². The van der Waals surface area contributed by atoms with Gasteiger partial charge in [0.1, 0.15) is 15.3 Å². The molecule has 1 heterocycles. The van der Waals surface area contributed by atoms with Gasteiger partial charge in [0.2, 0.25) is 0 Å². The summed E-state index contributed by atoms with van der Waals surface area (Å²) >= 11 is 2.12. The van der Waals surface area contributed by atoms with Crippen LogP contribution in [0.5, 0.6) is 0 Å². The highest BCUT2D eigenvalue weighted by Gasteiger charge is 2.04. The Labute approximate surface area is 105 Å². The molecule has 2 rings (SSSR count). The summed E-state index contributed by atoms with van der Waals surface area (Å²) in [7, 11) is 0. The molecule has 0 bridgehead atoms. The molecular formula is C11H9F2IN2. The fourth-order valence-electron chi connectivity index (χ4n) is 1.47. The summed E-state index contributed by atoms with van der Waals surface area (Å²) in [4.78, 5) is 0. The number of aromatic nitrogens is 2. The van der Waals surface area contributed by atoms with E-state index >= 15 is 0 Å². The van der Waals surface area contributed by atoms with Gasteiger partial charge in [0, 0.05) is 17.8 Å². The molecule has 0 unspecified atom stereocenters. The Hall–Kier alpha value is -0.980. The van der Waals surface area contributed by atoms with Gasteiger partial charge in [-0.05, 0) is 47.2 Å². The van der Waals surface area contributed by atoms with E-state index in [4.69, 9.17) is 0 Å². The molecule has 1 aromatic carbocycles. The Morgan fingerprint density at radius 3 is 2.38 bits per heavy atom. The molecule has 0 aliphatic heterocycles. The zero-order valence-electron chi connectivity index (χ0n) is 8.54. The first-order chi connectivity index (χ1) is 7.54. The van der Waals surface area contributed by atoms with Crippen molar-refractivity contribution < 1.29 is 8.78 Å². The first-order valence-corrected chi connectivity index (χ1v) is 5.77. The van der Waals surface area contributed by atoms with Crippen LogP contribution >= 0.6 is 22.6 Å². The molecule has 1 aromatic heterocycles. The lowest BCUT2D eigenvalue weighted by Gasteiger charge is -2.02. The van der Waals surface area contributed by atoms with E-state index in [1.807, 2.05) is 13.1 Å². The molecule has 5 heteroatoms. The van der Waals surface area contributed by atoms with Crippen LogP contribution in [0.4, 0.5) is 8.78 Å². The van der Waals surface area contributed by atoms with Crippen LogP contribution in [0.2, 0.25) is 0 Å². The minimum Gasteiger partial charge on any atom is -0.267 e. The number of rotatable bonds is 2. The topological polar surface area (TPSA) is 17.8 Å². The summed E-state index contributed by atoms with van der Waals surface area (Å²) < 4.78 is 28.5. The van der Waals surface area contributed by atoms with E-state index in [2.05, 4.69) is 27.7 Å². The fraction of sp³-hybridized carbons (Fsp3) is 0.182. The molecule has 0 saturated heterocycles. The first kappa shape index (κ1) is 11.5. The second-order valence-electron chi connectivity index (χ2n) is 3.58. The van der Waals surface area contributed by atoms with Gasteiger partial charge in [-0.3, -0.25) is 4.68 Å². The Kier molecular flexibility index (Phi) is 3.22. The van der Waals surface area contributed by atoms with Crippen LogP contribution in [0.25, 0.3) is 0 Å². The van der Waals surface area contributed by atoms with Gasteiger partial charge in [-0.2, -0.15) is 5.10 Å². The Bertz CT molecular complexity index is 483. The Morgan fingerprint density at radius 2 is 1.88 bits per heavy atom. The van der Waals surface area contributed by atoms with Crippen molar-refractivity contribution >= 4 is 22.6 Å². The zero-order chi connectivity index (χ0) is 11.7. The maximum absolute atomic E-state index is 12.9. The van der Waals surface area contributed by atoms with E-state index in [0.717, 1.165) is 15.3 Å². The molecule has 0 aliphatic carbocycles. The van der Waals surface area contributed by atoms with Crippen molar-refractivity contribution in [2.45, 2.75) is 13.5 Å².